The van der Waals surface area contributed by atoms with Gasteiger partial charge in [-0.15, -0.1) is 0 Å². The molecular formula is C18H13N3O5. The third kappa shape index (κ3) is 3.32. The average Bonchev–Trinajstić information content (AvgIpc) is 3.22. The van der Waals surface area contributed by atoms with Crippen molar-refractivity contribution in [1.29, 1.82) is 5.26 Å². The number of amides is 3. The lowest BCUT2D eigenvalue weighted by Gasteiger charge is -2.08. The van der Waals surface area contributed by atoms with Gasteiger partial charge in [-0.3, -0.25) is 9.59 Å². The number of nitrogens with zero attached hydrogens (tertiary/aromatic N) is 2. The second-order valence-electron chi connectivity index (χ2n) is 5.35. The Balaban J connectivity index is 1.79. The number of benzene rings is 1. The number of nitriles is 1. The lowest BCUT2D eigenvalue weighted by Crippen LogP contribution is -2.36. The first-order valence-corrected chi connectivity index (χ1v) is 7.53. The van der Waals surface area contributed by atoms with E-state index in [2.05, 4.69) is 10.1 Å². The number of urea groups is 1. The first-order valence-electron chi connectivity index (χ1n) is 7.53. The van der Waals surface area contributed by atoms with Crippen molar-refractivity contribution in [3.63, 3.8) is 0 Å². The Hall–Kier alpha value is -3.86. The molecule has 0 atom stereocenters. The third-order valence-corrected chi connectivity index (χ3v) is 3.69. The molecule has 1 aromatic heterocycles. The van der Waals surface area contributed by atoms with Crippen LogP contribution in [-0.2, 0) is 14.3 Å². The van der Waals surface area contributed by atoms with Gasteiger partial charge in [0.15, 0.2) is 0 Å². The van der Waals surface area contributed by atoms with Gasteiger partial charge < -0.3 is 14.5 Å². The lowest BCUT2D eigenvalue weighted by molar-refractivity contribution is -0.143. The average molecular weight is 351 g/mol. The van der Waals surface area contributed by atoms with Crippen molar-refractivity contribution in [3.8, 4) is 17.4 Å². The number of rotatable bonds is 4. The third-order valence-electron chi connectivity index (χ3n) is 3.69. The summed E-state index contributed by atoms with van der Waals surface area (Å²) < 4.78 is 10.1. The number of nitrogens with one attached hydrogen (secondary N) is 1. The van der Waals surface area contributed by atoms with Crippen molar-refractivity contribution in [1.82, 2.24) is 10.2 Å². The first-order chi connectivity index (χ1) is 12.5. The Bertz CT molecular complexity index is 950. The Kier molecular flexibility index (Phi) is 4.53. The molecule has 0 saturated carbocycles. The summed E-state index contributed by atoms with van der Waals surface area (Å²) in [5.41, 5.74) is 1.30. The number of hydrogen-bond donors (Lipinski definition) is 1. The molecule has 0 spiro atoms. The molecule has 2 heterocycles. The number of furan rings is 1. The summed E-state index contributed by atoms with van der Waals surface area (Å²) in [6.45, 7) is -0.465. The molecule has 0 aliphatic carbocycles. The van der Waals surface area contributed by atoms with Gasteiger partial charge in [0.1, 0.15) is 23.8 Å². The van der Waals surface area contributed by atoms with Crippen LogP contribution in [0.5, 0.6) is 0 Å². The molecule has 1 saturated heterocycles. The molecule has 1 N–H and O–H groups in total. The maximum Gasteiger partial charge on any atom is 0.329 e. The largest absolute Gasteiger partial charge is 0.468 e. The molecule has 1 fully saturated rings. The SMILES string of the molecule is COC(=O)CN1C(=O)NC(=Cc2ccc(-c3ccc(C#N)cc3)o2)C1=O. The smallest absolute Gasteiger partial charge is 0.329 e. The number of ether oxygens (including phenoxy) is 1. The molecule has 0 radical (unpaired) electrons. The van der Waals surface area contributed by atoms with Gasteiger partial charge in [-0.1, -0.05) is 0 Å². The predicted octanol–water partition coefficient (Wildman–Crippen LogP) is 1.88. The van der Waals surface area contributed by atoms with E-state index in [1.54, 1.807) is 36.4 Å². The number of carbonyl (C=O) groups is 3. The van der Waals surface area contributed by atoms with E-state index in [0.29, 0.717) is 17.1 Å². The summed E-state index contributed by atoms with van der Waals surface area (Å²) in [6.07, 6.45) is 1.38. The van der Waals surface area contributed by atoms with E-state index >= 15 is 0 Å². The first kappa shape index (κ1) is 17.0. The zero-order valence-corrected chi connectivity index (χ0v) is 13.7. The van der Waals surface area contributed by atoms with Crippen molar-refractivity contribution in [2.45, 2.75) is 0 Å². The van der Waals surface area contributed by atoms with Crippen molar-refractivity contribution in [2.24, 2.45) is 0 Å². The van der Waals surface area contributed by atoms with Crippen LogP contribution in [0.2, 0.25) is 0 Å². The highest BCUT2D eigenvalue weighted by molar-refractivity contribution is 6.15. The van der Waals surface area contributed by atoms with Crippen LogP contribution in [0.15, 0.2) is 46.5 Å². The van der Waals surface area contributed by atoms with E-state index in [4.69, 9.17) is 9.68 Å². The number of methoxy groups -OCH3 is 1. The standard InChI is InChI=1S/C18H13N3O5/c1-25-16(22)10-21-17(23)14(20-18(21)24)8-13-6-7-15(26-13)12-4-2-11(9-19)3-5-12/h2-8H,10H2,1H3,(H,20,24). The second-order valence-corrected chi connectivity index (χ2v) is 5.35. The molecule has 3 rings (SSSR count). The van der Waals surface area contributed by atoms with Gasteiger partial charge in [0, 0.05) is 11.6 Å². The van der Waals surface area contributed by atoms with Crippen LogP contribution in [0.1, 0.15) is 11.3 Å². The molecule has 8 nitrogen and oxygen atoms in total. The van der Waals surface area contributed by atoms with Gasteiger partial charge in [-0.25, -0.2) is 9.69 Å². The quantitative estimate of drug-likeness (QED) is 0.511. The Morgan fingerprint density at radius 1 is 1.27 bits per heavy atom. The van der Waals surface area contributed by atoms with Crippen LogP contribution in [-0.4, -0.2) is 36.5 Å². The molecule has 2 aromatic rings. The summed E-state index contributed by atoms with van der Waals surface area (Å²) in [5, 5.41) is 11.2. The number of esters is 1. The van der Waals surface area contributed by atoms with Gasteiger partial charge >= 0.3 is 12.0 Å². The molecule has 1 aliphatic heterocycles. The highest BCUT2D eigenvalue weighted by Gasteiger charge is 2.35. The van der Waals surface area contributed by atoms with Gasteiger partial charge in [0.2, 0.25) is 0 Å². The van der Waals surface area contributed by atoms with Crippen LogP contribution in [0.4, 0.5) is 4.79 Å². The lowest BCUT2D eigenvalue weighted by atomic mass is 10.1. The maximum absolute atomic E-state index is 12.2. The van der Waals surface area contributed by atoms with Crippen molar-refractivity contribution >= 4 is 24.0 Å². The Labute approximate surface area is 148 Å². The molecule has 0 unspecified atom stereocenters. The van der Waals surface area contributed by atoms with E-state index in [1.807, 2.05) is 6.07 Å². The van der Waals surface area contributed by atoms with Gasteiger partial charge in [0.05, 0.1) is 18.7 Å². The zero-order valence-electron chi connectivity index (χ0n) is 13.7. The highest BCUT2D eigenvalue weighted by atomic mass is 16.5. The van der Waals surface area contributed by atoms with E-state index < -0.39 is 24.5 Å². The van der Waals surface area contributed by atoms with Crippen LogP contribution in [0, 0.1) is 11.3 Å². The minimum atomic E-state index is -0.703. The van der Waals surface area contributed by atoms with Gasteiger partial charge in [0.25, 0.3) is 5.91 Å². The molecule has 3 amide bonds. The van der Waals surface area contributed by atoms with Gasteiger partial charge in [-0.05, 0) is 36.4 Å². The van der Waals surface area contributed by atoms with E-state index in [1.165, 1.54) is 13.2 Å². The molecule has 1 aliphatic rings. The van der Waals surface area contributed by atoms with Crippen molar-refractivity contribution < 1.29 is 23.5 Å². The number of carbonyl (C=O) groups excluding carboxylic acids is 3. The molecule has 8 heteroatoms. The van der Waals surface area contributed by atoms with E-state index in [0.717, 1.165) is 10.5 Å². The van der Waals surface area contributed by atoms with Crippen molar-refractivity contribution in [3.05, 3.63) is 53.4 Å². The fourth-order valence-corrected chi connectivity index (χ4v) is 2.35. The topological polar surface area (TPSA) is 113 Å². The van der Waals surface area contributed by atoms with Gasteiger partial charge in [-0.2, -0.15) is 5.26 Å². The van der Waals surface area contributed by atoms with E-state index in [-0.39, 0.29) is 5.70 Å². The fourth-order valence-electron chi connectivity index (χ4n) is 2.35. The molecule has 0 bridgehead atoms. The number of imide groups is 1. The monoisotopic (exact) mass is 351 g/mol. The minimum Gasteiger partial charge on any atom is -0.468 e. The van der Waals surface area contributed by atoms with Crippen LogP contribution < -0.4 is 5.32 Å². The Morgan fingerprint density at radius 3 is 2.65 bits per heavy atom. The minimum absolute atomic E-state index is 0.000341. The normalized spacial score (nSPS) is 15.1. The van der Waals surface area contributed by atoms with Crippen molar-refractivity contribution in [2.75, 3.05) is 13.7 Å². The Morgan fingerprint density at radius 2 is 2.00 bits per heavy atom. The maximum atomic E-state index is 12.2. The fraction of sp³-hybridized carbons (Fsp3) is 0.111. The zero-order chi connectivity index (χ0) is 18.7. The molecule has 26 heavy (non-hydrogen) atoms. The molecular weight excluding hydrogens is 338 g/mol. The van der Waals surface area contributed by atoms with E-state index in [9.17, 15) is 14.4 Å². The molecule has 1 aromatic carbocycles. The highest BCUT2D eigenvalue weighted by Crippen LogP contribution is 2.24. The predicted molar refractivity (Wildman–Crippen MR) is 89.1 cm³/mol. The molecule has 130 valence electrons. The summed E-state index contributed by atoms with van der Waals surface area (Å²) in [7, 11) is 1.17. The van der Waals surface area contributed by atoms with Crippen LogP contribution in [0.3, 0.4) is 0 Å². The van der Waals surface area contributed by atoms with Crippen LogP contribution >= 0.6 is 0 Å². The summed E-state index contributed by atoms with van der Waals surface area (Å²) >= 11 is 0. The summed E-state index contributed by atoms with van der Waals surface area (Å²) in [4.78, 5) is 36.1. The second kappa shape index (κ2) is 6.94. The summed E-state index contributed by atoms with van der Waals surface area (Å²) in [5.74, 6) is -0.440. The summed E-state index contributed by atoms with van der Waals surface area (Å²) in [6, 6.07) is 11.5. The van der Waals surface area contributed by atoms with Crippen LogP contribution in [0.25, 0.3) is 17.4 Å². The number of hydrogen-bond acceptors (Lipinski definition) is 6.